The zero-order valence-corrected chi connectivity index (χ0v) is 19.6. The third kappa shape index (κ3) is 6.68. The molecule has 3 aromatic carbocycles. The van der Waals surface area contributed by atoms with Gasteiger partial charge in [0, 0.05) is 17.1 Å². The third-order valence-corrected chi connectivity index (χ3v) is 5.72. The minimum absolute atomic E-state index is 0.315. The lowest BCUT2D eigenvalue weighted by molar-refractivity contribution is 0.121. The molecule has 0 fully saturated rings. The van der Waals surface area contributed by atoms with Gasteiger partial charge in [0.2, 0.25) is 0 Å². The molecule has 0 aliphatic carbocycles. The molecule has 0 spiro atoms. The Hall–Kier alpha value is -2.64. The van der Waals surface area contributed by atoms with Gasteiger partial charge in [0.15, 0.2) is 0 Å². The second-order valence-electron chi connectivity index (χ2n) is 6.63. The Morgan fingerprint density at radius 2 is 1.25 bits per heavy atom. The van der Waals surface area contributed by atoms with E-state index < -0.39 is 18.2 Å². The summed E-state index contributed by atoms with van der Waals surface area (Å²) >= 11 is 23.7. The van der Waals surface area contributed by atoms with Crippen LogP contribution in [0.1, 0.15) is 18.6 Å². The monoisotopic (exact) mass is 511 g/mol. The zero-order chi connectivity index (χ0) is 23.3. The molecule has 166 valence electrons. The van der Waals surface area contributed by atoms with Crippen molar-refractivity contribution in [2.75, 3.05) is 16.0 Å². The van der Waals surface area contributed by atoms with Crippen molar-refractivity contribution in [1.29, 1.82) is 0 Å². The average molecular weight is 513 g/mol. The second-order valence-corrected chi connectivity index (χ2v) is 8.26. The highest BCUT2D eigenvalue weighted by molar-refractivity contribution is 6.42. The zero-order valence-electron chi connectivity index (χ0n) is 16.6. The smallest absolute Gasteiger partial charge is 0.412 e. The molecule has 3 aromatic rings. The molecule has 0 bridgehead atoms. The van der Waals surface area contributed by atoms with Gasteiger partial charge in [0.05, 0.1) is 20.1 Å². The van der Waals surface area contributed by atoms with E-state index in [9.17, 15) is 9.59 Å². The van der Waals surface area contributed by atoms with Gasteiger partial charge in [-0.15, -0.1) is 0 Å². The van der Waals surface area contributed by atoms with E-state index in [-0.39, 0.29) is 0 Å². The van der Waals surface area contributed by atoms with E-state index in [4.69, 9.17) is 51.1 Å². The fourth-order valence-electron chi connectivity index (χ4n) is 2.69. The Balaban J connectivity index is 1.59. The normalized spacial score (nSPS) is 11.4. The number of hydrogen-bond acceptors (Lipinski definition) is 3. The molecule has 0 saturated heterocycles. The van der Waals surface area contributed by atoms with Crippen LogP contribution in [0.4, 0.5) is 26.7 Å². The predicted octanol–water partition coefficient (Wildman–Crippen LogP) is 8.25. The van der Waals surface area contributed by atoms with Crippen LogP contribution in [0.25, 0.3) is 0 Å². The molecule has 1 atom stereocenters. The summed E-state index contributed by atoms with van der Waals surface area (Å²) in [6.45, 7) is 1.71. The topological polar surface area (TPSA) is 79.5 Å². The van der Waals surface area contributed by atoms with Crippen LogP contribution in [-0.2, 0) is 4.74 Å². The number of rotatable bonds is 5. The summed E-state index contributed by atoms with van der Waals surface area (Å²) in [4.78, 5) is 24.5. The first kappa shape index (κ1) is 24.0. The molecule has 0 radical (unpaired) electrons. The van der Waals surface area contributed by atoms with E-state index in [0.717, 1.165) is 0 Å². The summed E-state index contributed by atoms with van der Waals surface area (Å²) in [6.07, 6.45) is -1.25. The number of ether oxygens (including phenoxy) is 1. The summed E-state index contributed by atoms with van der Waals surface area (Å²) in [5, 5.41) is 9.39. The molecule has 3 amide bonds. The van der Waals surface area contributed by atoms with Crippen molar-refractivity contribution < 1.29 is 14.3 Å². The molecule has 10 heteroatoms. The molecular formula is C22H17Cl4N3O3. The highest BCUT2D eigenvalue weighted by atomic mass is 35.5. The highest BCUT2D eigenvalue weighted by Crippen LogP contribution is 2.27. The van der Waals surface area contributed by atoms with Crippen LogP contribution in [-0.4, -0.2) is 12.1 Å². The van der Waals surface area contributed by atoms with Crippen LogP contribution in [0, 0.1) is 0 Å². The maximum absolute atomic E-state index is 12.3. The molecule has 3 rings (SSSR count). The fraction of sp³-hybridized carbons (Fsp3) is 0.0909. The molecule has 6 nitrogen and oxygen atoms in total. The molecule has 3 N–H and O–H groups in total. The van der Waals surface area contributed by atoms with Gasteiger partial charge in [-0.3, -0.25) is 5.32 Å². The van der Waals surface area contributed by atoms with Crippen molar-refractivity contribution in [3.05, 3.63) is 86.3 Å². The lowest BCUT2D eigenvalue weighted by atomic mass is 10.1. The maximum atomic E-state index is 12.3. The Morgan fingerprint density at radius 3 is 1.81 bits per heavy atom. The first-order valence-corrected chi connectivity index (χ1v) is 10.8. The molecular weight excluding hydrogens is 496 g/mol. The van der Waals surface area contributed by atoms with Crippen molar-refractivity contribution >= 4 is 75.6 Å². The number of carbonyl (C=O) groups is 2. The van der Waals surface area contributed by atoms with Gasteiger partial charge in [-0.05, 0) is 61.0 Å². The van der Waals surface area contributed by atoms with E-state index in [2.05, 4.69) is 16.0 Å². The van der Waals surface area contributed by atoms with Gasteiger partial charge < -0.3 is 15.4 Å². The van der Waals surface area contributed by atoms with Crippen LogP contribution in [0.15, 0.2) is 60.7 Å². The fourth-order valence-corrected chi connectivity index (χ4v) is 3.28. The quantitative estimate of drug-likeness (QED) is 0.322. The predicted molar refractivity (Wildman–Crippen MR) is 131 cm³/mol. The molecule has 0 heterocycles. The Kier molecular flexibility index (Phi) is 8.10. The number of anilines is 3. The Labute approximate surface area is 204 Å². The lowest BCUT2D eigenvalue weighted by Gasteiger charge is -2.16. The van der Waals surface area contributed by atoms with Gasteiger partial charge >= 0.3 is 12.1 Å². The minimum Gasteiger partial charge on any atom is -0.441 e. The van der Waals surface area contributed by atoms with E-state index in [1.165, 1.54) is 6.07 Å². The molecule has 0 aliphatic heterocycles. The Bertz CT molecular complexity index is 1160. The van der Waals surface area contributed by atoms with E-state index in [1.807, 2.05) is 0 Å². The number of amides is 3. The first-order valence-electron chi connectivity index (χ1n) is 9.27. The van der Waals surface area contributed by atoms with E-state index in [1.54, 1.807) is 61.5 Å². The number of hydrogen-bond donors (Lipinski definition) is 3. The second kappa shape index (κ2) is 10.8. The van der Waals surface area contributed by atoms with Crippen molar-refractivity contribution in [2.45, 2.75) is 13.0 Å². The Morgan fingerprint density at radius 1 is 0.719 bits per heavy atom. The SMILES string of the molecule is C[C@@H](OC(=O)Nc1ccc(Cl)c(Cl)c1)c1cccc(NC(=O)Nc2ccc(Cl)c(Cl)c2)c1. The van der Waals surface area contributed by atoms with Gasteiger partial charge in [-0.25, -0.2) is 9.59 Å². The van der Waals surface area contributed by atoms with Gasteiger partial charge in [0.25, 0.3) is 0 Å². The largest absolute Gasteiger partial charge is 0.441 e. The van der Waals surface area contributed by atoms with Gasteiger partial charge in [-0.2, -0.15) is 0 Å². The molecule has 32 heavy (non-hydrogen) atoms. The van der Waals surface area contributed by atoms with Crippen LogP contribution in [0.5, 0.6) is 0 Å². The molecule has 0 unspecified atom stereocenters. The maximum Gasteiger partial charge on any atom is 0.412 e. The number of urea groups is 1. The van der Waals surface area contributed by atoms with Crippen molar-refractivity contribution in [1.82, 2.24) is 0 Å². The summed E-state index contributed by atoms with van der Waals surface area (Å²) < 4.78 is 5.41. The summed E-state index contributed by atoms with van der Waals surface area (Å²) in [6, 6.07) is 15.9. The van der Waals surface area contributed by atoms with Crippen molar-refractivity contribution in [3.63, 3.8) is 0 Å². The van der Waals surface area contributed by atoms with Crippen LogP contribution in [0.2, 0.25) is 20.1 Å². The molecule has 0 saturated carbocycles. The molecule has 0 aliphatic rings. The minimum atomic E-state index is -0.661. The van der Waals surface area contributed by atoms with Crippen LogP contribution >= 0.6 is 46.4 Å². The summed E-state index contributed by atoms with van der Waals surface area (Å²) in [7, 11) is 0. The third-order valence-electron chi connectivity index (χ3n) is 4.24. The van der Waals surface area contributed by atoms with Crippen molar-refractivity contribution in [2.24, 2.45) is 0 Å². The standard InChI is InChI=1S/C22H17Cl4N3O3/c1-12(32-22(31)29-16-6-8-18(24)20(26)11-16)13-3-2-4-14(9-13)27-21(30)28-15-5-7-17(23)19(25)10-15/h2-12H,1H3,(H,29,31)(H2,27,28,30)/t12-/m1/s1. The number of benzene rings is 3. The summed E-state index contributed by atoms with van der Waals surface area (Å²) in [5.74, 6) is 0. The number of halogens is 4. The average Bonchev–Trinajstić information content (AvgIpc) is 2.73. The first-order chi connectivity index (χ1) is 15.2. The van der Waals surface area contributed by atoms with E-state index >= 15 is 0 Å². The highest BCUT2D eigenvalue weighted by Gasteiger charge is 2.14. The van der Waals surface area contributed by atoms with Crippen LogP contribution in [0.3, 0.4) is 0 Å². The van der Waals surface area contributed by atoms with Crippen molar-refractivity contribution in [3.8, 4) is 0 Å². The summed E-state index contributed by atoms with van der Waals surface area (Å²) in [5.41, 5.74) is 2.14. The van der Waals surface area contributed by atoms with E-state index in [0.29, 0.717) is 42.7 Å². The number of carbonyl (C=O) groups excluding carboxylic acids is 2. The number of nitrogens with one attached hydrogen (secondary N) is 3. The van der Waals surface area contributed by atoms with Crippen LogP contribution < -0.4 is 16.0 Å². The molecule has 0 aromatic heterocycles. The lowest BCUT2D eigenvalue weighted by Crippen LogP contribution is -2.20. The van der Waals surface area contributed by atoms with Gasteiger partial charge in [0.1, 0.15) is 6.10 Å². The van der Waals surface area contributed by atoms with Gasteiger partial charge in [-0.1, -0.05) is 58.5 Å².